The number of nitrogens with one attached hydrogen (secondary N) is 1. The number of hydrogen-bond donors (Lipinski definition) is 3. The Kier molecular flexibility index (Phi) is 8.42. The van der Waals surface area contributed by atoms with E-state index in [2.05, 4.69) is 10.1 Å². The van der Waals surface area contributed by atoms with Crippen molar-refractivity contribution in [3.05, 3.63) is 11.8 Å². The molecule has 1 rings (SSSR count). The van der Waals surface area contributed by atoms with Gasteiger partial charge >= 0.3 is 18.1 Å². The first-order valence-electron chi connectivity index (χ1n) is 8.55. The van der Waals surface area contributed by atoms with Crippen LogP contribution in [0.2, 0.25) is 0 Å². The van der Waals surface area contributed by atoms with Crippen LogP contribution in [0.25, 0.3) is 0 Å². The summed E-state index contributed by atoms with van der Waals surface area (Å²) in [7, 11) is 0. The maximum absolute atomic E-state index is 12.9. The number of carboxylic acid groups (broad SMARTS) is 1. The molecule has 2 amide bonds. The van der Waals surface area contributed by atoms with Gasteiger partial charge in [-0.3, -0.25) is 9.59 Å². The zero-order valence-corrected chi connectivity index (χ0v) is 15.7. The van der Waals surface area contributed by atoms with Crippen LogP contribution in [-0.4, -0.2) is 77.8 Å². The molecular formula is C16H22F3N3O7. The molecular weight excluding hydrogens is 403 g/mol. The smallest absolute Gasteiger partial charge is 0.475 e. The van der Waals surface area contributed by atoms with E-state index in [1.165, 1.54) is 0 Å². The molecule has 0 fully saturated rings. The molecule has 13 heteroatoms. The van der Waals surface area contributed by atoms with Crippen LogP contribution in [0, 0.1) is 0 Å². The van der Waals surface area contributed by atoms with E-state index in [4.69, 9.17) is 15.6 Å². The van der Waals surface area contributed by atoms with Gasteiger partial charge in [0.1, 0.15) is 6.61 Å². The van der Waals surface area contributed by atoms with Gasteiger partial charge in [0, 0.05) is 13.5 Å². The van der Waals surface area contributed by atoms with E-state index in [1.54, 1.807) is 6.92 Å². The number of carbonyl (C=O) groups excluding carboxylic acids is 3. The molecule has 0 aliphatic carbocycles. The summed E-state index contributed by atoms with van der Waals surface area (Å²) in [5.74, 6) is -5.86. The summed E-state index contributed by atoms with van der Waals surface area (Å²) in [5.41, 5.74) is 5.85. The quantitative estimate of drug-likeness (QED) is 0.442. The van der Waals surface area contributed by atoms with Crippen LogP contribution in [0.15, 0.2) is 11.8 Å². The molecule has 1 heterocycles. The van der Waals surface area contributed by atoms with E-state index in [1.807, 2.05) is 0 Å². The first-order valence-corrected chi connectivity index (χ1v) is 8.55. The Labute approximate surface area is 163 Å². The van der Waals surface area contributed by atoms with E-state index in [-0.39, 0.29) is 6.54 Å². The van der Waals surface area contributed by atoms with Crippen molar-refractivity contribution in [2.45, 2.75) is 44.6 Å². The number of ether oxygens (including phenoxy) is 2. The lowest BCUT2D eigenvalue weighted by molar-refractivity contribution is -0.200. The molecule has 0 saturated carbocycles. The molecule has 0 aromatic carbocycles. The van der Waals surface area contributed by atoms with E-state index in [0.29, 0.717) is 6.42 Å². The summed E-state index contributed by atoms with van der Waals surface area (Å²) >= 11 is 0. The molecule has 164 valence electrons. The summed E-state index contributed by atoms with van der Waals surface area (Å²) in [6.07, 6.45) is -5.28. The van der Waals surface area contributed by atoms with E-state index >= 15 is 0 Å². The van der Waals surface area contributed by atoms with Crippen LogP contribution in [0.1, 0.15) is 20.3 Å². The van der Waals surface area contributed by atoms with Gasteiger partial charge in [0.2, 0.25) is 11.7 Å². The van der Waals surface area contributed by atoms with Gasteiger partial charge in [0.15, 0.2) is 6.10 Å². The molecule has 29 heavy (non-hydrogen) atoms. The number of nitrogens with two attached hydrogens (primary N) is 1. The first-order chi connectivity index (χ1) is 13.4. The molecule has 4 N–H and O–H groups in total. The minimum Gasteiger partial charge on any atom is -0.475 e. The Morgan fingerprint density at radius 3 is 2.41 bits per heavy atom. The fraction of sp³-hybridized carbons (Fsp3) is 0.625. The molecule has 1 aliphatic rings. The van der Waals surface area contributed by atoms with Crippen LogP contribution in [0.3, 0.4) is 0 Å². The molecule has 0 radical (unpaired) electrons. The van der Waals surface area contributed by atoms with Gasteiger partial charge in [0.05, 0.1) is 18.6 Å². The lowest BCUT2D eigenvalue weighted by atomic mass is 9.97. The normalized spacial score (nSPS) is 21.4. The highest BCUT2D eigenvalue weighted by Gasteiger charge is 2.43. The predicted molar refractivity (Wildman–Crippen MR) is 90.1 cm³/mol. The second kappa shape index (κ2) is 10.1. The van der Waals surface area contributed by atoms with Gasteiger partial charge in [-0.25, -0.2) is 9.59 Å². The summed E-state index contributed by atoms with van der Waals surface area (Å²) in [4.78, 5) is 47.4. The molecule has 1 aliphatic heterocycles. The zero-order valence-electron chi connectivity index (χ0n) is 15.7. The minimum atomic E-state index is -5.17. The third-order valence-electron chi connectivity index (χ3n) is 3.79. The van der Waals surface area contributed by atoms with E-state index in [0.717, 1.165) is 17.9 Å². The maximum atomic E-state index is 12.9. The van der Waals surface area contributed by atoms with Crippen molar-refractivity contribution in [3.8, 4) is 0 Å². The van der Waals surface area contributed by atoms with Crippen LogP contribution >= 0.6 is 0 Å². The van der Waals surface area contributed by atoms with Crippen LogP contribution in [-0.2, 0) is 28.7 Å². The predicted octanol–water partition coefficient (Wildman–Crippen LogP) is -0.470. The van der Waals surface area contributed by atoms with E-state index < -0.39 is 67.0 Å². The number of rotatable bonds is 8. The summed E-state index contributed by atoms with van der Waals surface area (Å²) in [6, 6.07) is -2.18. The number of esters is 1. The largest absolute Gasteiger partial charge is 0.490 e. The number of aliphatic carboxylic acids is 1. The zero-order chi connectivity index (χ0) is 22.4. The van der Waals surface area contributed by atoms with E-state index in [9.17, 15) is 32.3 Å². The van der Waals surface area contributed by atoms with Crippen molar-refractivity contribution in [3.63, 3.8) is 0 Å². The maximum Gasteiger partial charge on any atom is 0.490 e. The molecule has 10 nitrogen and oxygen atoms in total. The summed E-state index contributed by atoms with van der Waals surface area (Å²) in [5, 5.41) is 11.5. The van der Waals surface area contributed by atoms with Crippen molar-refractivity contribution in [1.29, 1.82) is 0 Å². The molecule has 3 atom stereocenters. The Morgan fingerprint density at radius 2 is 1.93 bits per heavy atom. The van der Waals surface area contributed by atoms with Gasteiger partial charge in [-0.1, -0.05) is 6.92 Å². The van der Waals surface area contributed by atoms with Crippen LogP contribution < -0.4 is 11.1 Å². The fourth-order valence-electron chi connectivity index (χ4n) is 2.57. The van der Waals surface area contributed by atoms with Crippen LogP contribution in [0.5, 0.6) is 0 Å². The summed E-state index contributed by atoms with van der Waals surface area (Å²) in [6.45, 7) is 1.75. The second-order valence-electron chi connectivity index (χ2n) is 6.14. The first kappa shape index (κ1) is 24.2. The van der Waals surface area contributed by atoms with Crippen molar-refractivity contribution in [2.75, 3.05) is 19.7 Å². The number of amides is 2. The number of nitrogens with zero attached hydrogens (tertiary/aromatic N) is 1. The van der Waals surface area contributed by atoms with Gasteiger partial charge in [0.25, 0.3) is 5.91 Å². The van der Waals surface area contributed by atoms with Gasteiger partial charge < -0.3 is 30.5 Å². The third kappa shape index (κ3) is 6.93. The minimum absolute atomic E-state index is 0.0520. The molecule has 0 bridgehead atoms. The SMILES string of the molecule is CCCN(CCOC(=O)C(F)(F)F)C(=O)[C@@H]1OC(C(=O)O)=C[C@H](N)[C@H]1NC(C)=O. The summed E-state index contributed by atoms with van der Waals surface area (Å²) < 4.78 is 45.9. The lowest BCUT2D eigenvalue weighted by Gasteiger charge is -2.36. The molecule has 0 aromatic rings. The van der Waals surface area contributed by atoms with Gasteiger partial charge in [-0.05, 0) is 12.5 Å². The number of carbonyl (C=O) groups is 4. The highest BCUT2D eigenvalue weighted by Crippen LogP contribution is 2.20. The van der Waals surface area contributed by atoms with Gasteiger partial charge in [-0.2, -0.15) is 13.2 Å². The number of carboxylic acids is 1. The monoisotopic (exact) mass is 425 g/mol. The average molecular weight is 425 g/mol. The number of alkyl halides is 3. The average Bonchev–Trinajstić information content (AvgIpc) is 2.60. The van der Waals surface area contributed by atoms with Crippen molar-refractivity contribution < 1.29 is 46.9 Å². The Balaban J connectivity index is 2.98. The second-order valence-corrected chi connectivity index (χ2v) is 6.14. The molecule has 0 spiro atoms. The molecule has 0 saturated heterocycles. The van der Waals surface area contributed by atoms with Crippen molar-refractivity contribution >= 4 is 23.8 Å². The lowest BCUT2D eigenvalue weighted by Crippen LogP contribution is -2.61. The molecule has 0 aromatic heterocycles. The van der Waals surface area contributed by atoms with Crippen molar-refractivity contribution in [1.82, 2.24) is 10.2 Å². The highest BCUT2D eigenvalue weighted by molar-refractivity contribution is 5.88. The standard InChI is InChI=1S/C16H22F3N3O7/c1-3-4-22(5-6-28-15(27)16(17,18)19)13(24)12-11(21-8(2)23)9(20)7-10(29-12)14(25)26/h7,9,11-12H,3-6,20H2,1-2H3,(H,21,23)(H,25,26)/t9-,11+,12+/m0/s1. The highest BCUT2D eigenvalue weighted by atomic mass is 19.4. The topological polar surface area (TPSA) is 148 Å². The van der Waals surface area contributed by atoms with Crippen LogP contribution in [0.4, 0.5) is 13.2 Å². The van der Waals surface area contributed by atoms with Gasteiger partial charge in [-0.15, -0.1) is 0 Å². The Morgan fingerprint density at radius 1 is 1.31 bits per heavy atom. The Bertz CT molecular complexity index is 681. The Hall–Kier alpha value is -2.83. The number of halogens is 3. The number of hydrogen-bond acceptors (Lipinski definition) is 7. The third-order valence-corrected chi connectivity index (χ3v) is 3.79. The molecule has 0 unspecified atom stereocenters. The van der Waals surface area contributed by atoms with Crippen molar-refractivity contribution in [2.24, 2.45) is 5.73 Å². The fourth-order valence-corrected chi connectivity index (χ4v) is 2.57.